The summed E-state index contributed by atoms with van der Waals surface area (Å²) in [5, 5.41) is 3.41. The number of hydrogen-bond donors (Lipinski definition) is 1. The fraction of sp³-hybridized carbons (Fsp3) is 0.417. The number of anilines is 1. The Hall–Kier alpha value is -0.980. The van der Waals surface area contributed by atoms with Crippen LogP contribution < -0.4 is 5.32 Å². The maximum absolute atomic E-state index is 12.1. The molecule has 1 heterocycles. The molecule has 2 rings (SSSR count). The molecule has 20 heavy (non-hydrogen) atoms. The van der Waals surface area contributed by atoms with Gasteiger partial charge in [-0.05, 0) is 24.6 Å². The summed E-state index contributed by atoms with van der Waals surface area (Å²) in [7, 11) is -1.44. The van der Waals surface area contributed by atoms with Crippen LogP contribution in [0.25, 0.3) is 0 Å². The number of carbonyl (C=O) groups excluding carboxylic acids is 1. The molecule has 110 valence electrons. The first-order valence-electron chi connectivity index (χ1n) is 5.98. The standard InChI is InChI=1S/C12H14Cl2N2O3S/c1-16(9-4-5-20(18,19)7-9)12(17)15-8-2-3-10(13)11(14)6-8/h2-3,6,9H,4-5,7H2,1H3,(H,15,17)/t9-/m0/s1. The summed E-state index contributed by atoms with van der Waals surface area (Å²) in [5.41, 5.74) is 0.511. The van der Waals surface area contributed by atoms with E-state index in [1.54, 1.807) is 25.2 Å². The summed E-state index contributed by atoms with van der Waals surface area (Å²) in [6.07, 6.45) is 0.466. The fourth-order valence-corrected chi connectivity index (χ4v) is 4.10. The molecule has 0 aromatic heterocycles. The lowest BCUT2D eigenvalue weighted by Gasteiger charge is -2.23. The van der Waals surface area contributed by atoms with E-state index >= 15 is 0 Å². The molecule has 1 N–H and O–H groups in total. The zero-order valence-corrected chi connectivity index (χ0v) is 13.1. The average Bonchev–Trinajstić information content (AvgIpc) is 2.73. The van der Waals surface area contributed by atoms with E-state index in [-0.39, 0.29) is 23.6 Å². The predicted molar refractivity (Wildman–Crippen MR) is 80.3 cm³/mol. The van der Waals surface area contributed by atoms with Gasteiger partial charge in [-0.3, -0.25) is 0 Å². The van der Waals surface area contributed by atoms with Crippen LogP contribution in [0, 0.1) is 0 Å². The average molecular weight is 337 g/mol. The van der Waals surface area contributed by atoms with Crippen molar-refractivity contribution in [3.8, 4) is 0 Å². The molecule has 0 unspecified atom stereocenters. The van der Waals surface area contributed by atoms with E-state index in [4.69, 9.17) is 23.2 Å². The molecule has 1 aliphatic rings. The van der Waals surface area contributed by atoms with Crippen molar-refractivity contribution in [3.05, 3.63) is 28.2 Å². The Bertz CT molecular complexity index is 634. The van der Waals surface area contributed by atoms with E-state index in [0.29, 0.717) is 22.2 Å². The fourth-order valence-electron chi connectivity index (χ4n) is 2.03. The minimum Gasteiger partial charge on any atom is -0.324 e. The topological polar surface area (TPSA) is 66.5 Å². The van der Waals surface area contributed by atoms with Crippen molar-refractivity contribution in [1.29, 1.82) is 0 Å². The van der Waals surface area contributed by atoms with Crippen LogP contribution in [0.15, 0.2) is 18.2 Å². The molecule has 0 radical (unpaired) electrons. The maximum atomic E-state index is 12.1. The molecular weight excluding hydrogens is 323 g/mol. The zero-order valence-electron chi connectivity index (χ0n) is 10.8. The van der Waals surface area contributed by atoms with Gasteiger partial charge in [0.1, 0.15) is 0 Å². The number of nitrogens with zero attached hydrogens (tertiary/aromatic N) is 1. The van der Waals surface area contributed by atoms with Crippen LogP contribution in [0.4, 0.5) is 10.5 Å². The molecule has 5 nitrogen and oxygen atoms in total. The normalized spacial score (nSPS) is 20.6. The van der Waals surface area contributed by atoms with Crippen LogP contribution in [-0.2, 0) is 9.84 Å². The lowest BCUT2D eigenvalue weighted by atomic mass is 10.2. The lowest BCUT2D eigenvalue weighted by molar-refractivity contribution is 0.209. The Kier molecular flexibility index (Phi) is 4.46. The molecule has 1 saturated heterocycles. The Morgan fingerprint density at radius 3 is 2.60 bits per heavy atom. The van der Waals surface area contributed by atoms with Crippen molar-refractivity contribution in [3.63, 3.8) is 0 Å². The monoisotopic (exact) mass is 336 g/mol. The summed E-state index contributed by atoms with van der Waals surface area (Å²) in [6, 6.07) is 4.10. The number of urea groups is 1. The minimum atomic E-state index is -3.02. The number of hydrogen-bond acceptors (Lipinski definition) is 3. The Morgan fingerprint density at radius 1 is 1.35 bits per heavy atom. The highest BCUT2D eigenvalue weighted by Crippen LogP contribution is 2.25. The van der Waals surface area contributed by atoms with Gasteiger partial charge >= 0.3 is 6.03 Å². The van der Waals surface area contributed by atoms with Gasteiger partial charge in [-0.15, -0.1) is 0 Å². The van der Waals surface area contributed by atoms with Gasteiger partial charge in [0, 0.05) is 18.8 Å². The molecule has 0 bridgehead atoms. The molecule has 8 heteroatoms. The third-order valence-corrected chi connectivity index (χ3v) is 5.74. The van der Waals surface area contributed by atoms with E-state index < -0.39 is 9.84 Å². The van der Waals surface area contributed by atoms with Crippen molar-refractivity contribution in [2.24, 2.45) is 0 Å². The molecule has 1 aromatic carbocycles. The summed E-state index contributed by atoms with van der Waals surface area (Å²) in [5.74, 6) is 0.139. The van der Waals surface area contributed by atoms with Gasteiger partial charge in [-0.25, -0.2) is 13.2 Å². The predicted octanol–water partition coefficient (Wildman–Crippen LogP) is 2.64. The van der Waals surface area contributed by atoms with Gasteiger partial charge < -0.3 is 10.2 Å². The van der Waals surface area contributed by atoms with Gasteiger partial charge in [-0.2, -0.15) is 0 Å². The highest BCUT2D eigenvalue weighted by atomic mass is 35.5. The molecule has 0 spiro atoms. The van der Waals surface area contributed by atoms with Crippen molar-refractivity contribution in [2.45, 2.75) is 12.5 Å². The number of nitrogens with one attached hydrogen (secondary N) is 1. The number of rotatable bonds is 2. The first kappa shape index (κ1) is 15.4. The zero-order chi connectivity index (χ0) is 14.9. The van der Waals surface area contributed by atoms with Crippen molar-refractivity contribution in [1.82, 2.24) is 4.90 Å². The molecular formula is C12H14Cl2N2O3S. The second-order valence-electron chi connectivity index (χ2n) is 4.73. The van der Waals surface area contributed by atoms with Gasteiger partial charge in [-0.1, -0.05) is 23.2 Å². The summed E-state index contributed by atoms with van der Waals surface area (Å²) >= 11 is 11.7. The molecule has 1 atom stereocenters. The van der Waals surface area contributed by atoms with E-state index in [1.165, 1.54) is 4.90 Å². The summed E-state index contributed by atoms with van der Waals surface area (Å²) in [4.78, 5) is 13.5. The molecule has 0 aliphatic carbocycles. The number of sulfone groups is 1. The molecule has 0 saturated carbocycles. The largest absolute Gasteiger partial charge is 0.324 e. The van der Waals surface area contributed by atoms with Crippen LogP contribution in [0.2, 0.25) is 10.0 Å². The van der Waals surface area contributed by atoms with E-state index in [9.17, 15) is 13.2 Å². The third kappa shape index (κ3) is 3.56. The van der Waals surface area contributed by atoms with Crippen LogP contribution in [0.1, 0.15) is 6.42 Å². The second-order valence-corrected chi connectivity index (χ2v) is 7.77. The van der Waals surface area contributed by atoms with Gasteiger partial charge in [0.05, 0.1) is 21.6 Å². The maximum Gasteiger partial charge on any atom is 0.321 e. The lowest BCUT2D eigenvalue weighted by Crippen LogP contribution is -2.40. The third-order valence-electron chi connectivity index (χ3n) is 3.25. The SMILES string of the molecule is CN(C(=O)Nc1ccc(Cl)c(Cl)c1)[C@H]1CCS(=O)(=O)C1. The van der Waals surface area contributed by atoms with E-state index in [2.05, 4.69) is 5.32 Å². The van der Waals surface area contributed by atoms with Crippen molar-refractivity contribution in [2.75, 3.05) is 23.9 Å². The summed E-state index contributed by atoms with van der Waals surface area (Å²) in [6.45, 7) is 0. The quantitative estimate of drug-likeness (QED) is 0.902. The summed E-state index contributed by atoms with van der Waals surface area (Å²) < 4.78 is 22.8. The van der Waals surface area contributed by atoms with Crippen LogP contribution in [-0.4, -0.2) is 43.9 Å². The second kappa shape index (κ2) is 5.79. The Labute approximate surface area is 127 Å². The van der Waals surface area contributed by atoms with Gasteiger partial charge in [0.2, 0.25) is 0 Å². The minimum absolute atomic E-state index is 0.0122. The molecule has 1 fully saturated rings. The molecule has 1 aromatic rings. The first-order chi connectivity index (χ1) is 9.28. The first-order valence-corrected chi connectivity index (χ1v) is 8.55. The molecule has 2 amide bonds. The van der Waals surface area contributed by atoms with Crippen molar-refractivity contribution < 1.29 is 13.2 Å². The van der Waals surface area contributed by atoms with Gasteiger partial charge in [0.15, 0.2) is 9.84 Å². The number of amides is 2. The van der Waals surface area contributed by atoms with E-state index in [0.717, 1.165) is 0 Å². The highest BCUT2D eigenvalue weighted by Gasteiger charge is 2.32. The van der Waals surface area contributed by atoms with Crippen molar-refractivity contribution >= 4 is 44.8 Å². The van der Waals surface area contributed by atoms with Crippen LogP contribution in [0.3, 0.4) is 0 Å². The molecule has 1 aliphatic heterocycles. The van der Waals surface area contributed by atoms with Crippen LogP contribution >= 0.6 is 23.2 Å². The van der Waals surface area contributed by atoms with Gasteiger partial charge in [0.25, 0.3) is 0 Å². The Morgan fingerprint density at radius 2 is 2.05 bits per heavy atom. The number of carbonyl (C=O) groups is 1. The number of halogens is 2. The van der Waals surface area contributed by atoms with E-state index in [1.807, 2.05) is 0 Å². The van der Waals surface area contributed by atoms with Crippen LogP contribution in [0.5, 0.6) is 0 Å². The smallest absolute Gasteiger partial charge is 0.321 e. The highest BCUT2D eigenvalue weighted by molar-refractivity contribution is 7.91. The number of benzene rings is 1. The Balaban J connectivity index is 2.02.